The summed E-state index contributed by atoms with van der Waals surface area (Å²) in [6, 6.07) is 7.98. The van der Waals surface area contributed by atoms with Crippen molar-refractivity contribution in [3.8, 4) is 5.75 Å². The molecule has 0 bridgehead atoms. The number of sulfone groups is 1. The predicted octanol–water partition coefficient (Wildman–Crippen LogP) is 2.17. The minimum atomic E-state index is -2.90. The Morgan fingerprint density at radius 2 is 1.74 bits per heavy atom. The first-order valence-electron chi connectivity index (χ1n) is 6.45. The van der Waals surface area contributed by atoms with Crippen molar-refractivity contribution in [2.24, 2.45) is 0 Å². The number of rotatable bonds is 7. The number of benzene rings is 1. The summed E-state index contributed by atoms with van der Waals surface area (Å²) in [7, 11) is -2.90. The molecule has 19 heavy (non-hydrogen) atoms. The zero-order valence-electron chi connectivity index (χ0n) is 12.0. The molecule has 5 heteroatoms. The van der Waals surface area contributed by atoms with E-state index in [1.54, 1.807) is 0 Å². The van der Waals surface area contributed by atoms with E-state index in [9.17, 15) is 8.42 Å². The number of hydrogen-bond donors (Lipinski definition) is 1. The minimum Gasteiger partial charge on any atom is -0.491 e. The fourth-order valence-electron chi connectivity index (χ4n) is 1.69. The summed E-state index contributed by atoms with van der Waals surface area (Å²) in [6.45, 7) is 6.46. The number of nitrogens with one attached hydrogen (secondary N) is 1. The van der Waals surface area contributed by atoms with Crippen molar-refractivity contribution in [1.82, 2.24) is 5.32 Å². The molecular weight excluding hydrogens is 262 g/mol. The largest absolute Gasteiger partial charge is 0.491 e. The SMILES string of the molecule is CC(C)Oc1ccc(C(C)NCCS(C)(=O)=O)cc1. The Labute approximate surface area is 116 Å². The molecule has 0 aliphatic rings. The van der Waals surface area contributed by atoms with Gasteiger partial charge in [0, 0.05) is 18.8 Å². The molecule has 0 saturated heterocycles. The van der Waals surface area contributed by atoms with Crippen molar-refractivity contribution in [1.29, 1.82) is 0 Å². The summed E-state index contributed by atoms with van der Waals surface area (Å²) in [4.78, 5) is 0. The second-order valence-electron chi connectivity index (χ2n) is 5.04. The molecule has 1 aromatic carbocycles. The lowest BCUT2D eigenvalue weighted by Crippen LogP contribution is -2.25. The van der Waals surface area contributed by atoms with Gasteiger partial charge in [-0.1, -0.05) is 12.1 Å². The van der Waals surface area contributed by atoms with E-state index in [2.05, 4.69) is 5.32 Å². The van der Waals surface area contributed by atoms with E-state index >= 15 is 0 Å². The van der Waals surface area contributed by atoms with Gasteiger partial charge in [0.05, 0.1) is 11.9 Å². The standard InChI is InChI=1S/C14H23NO3S/c1-11(2)18-14-7-5-13(6-8-14)12(3)15-9-10-19(4,16)17/h5-8,11-12,15H,9-10H2,1-4H3. The molecule has 1 unspecified atom stereocenters. The Morgan fingerprint density at radius 1 is 1.16 bits per heavy atom. The Balaban J connectivity index is 2.51. The molecule has 0 aliphatic heterocycles. The molecule has 0 amide bonds. The zero-order valence-corrected chi connectivity index (χ0v) is 12.8. The lowest BCUT2D eigenvalue weighted by atomic mass is 10.1. The maximum Gasteiger partial charge on any atom is 0.148 e. The van der Waals surface area contributed by atoms with Gasteiger partial charge in [-0.2, -0.15) is 0 Å². The maximum atomic E-state index is 11.0. The average Bonchev–Trinajstić information content (AvgIpc) is 2.27. The second-order valence-corrected chi connectivity index (χ2v) is 7.30. The van der Waals surface area contributed by atoms with Crippen molar-refractivity contribution in [2.75, 3.05) is 18.6 Å². The quantitative estimate of drug-likeness (QED) is 0.834. The van der Waals surface area contributed by atoms with E-state index in [1.165, 1.54) is 6.26 Å². The molecule has 0 aromatic heterocycles. The molecule has 0 radical (unpaired) electrons. The molecule has 1 aromatic rings. The highest BCUT2D eigenvalue weighted by atomic mass is 32.2. The van der Waals surface area contributed by atoms with Crippen LogP contribution in [0.25, 0.3) is 0 Å². The zero-order chi connectivity index (χ0) is 14.5. The Kier molecular flexibility index (Phi) is 5.82. The smallest absolute Gasteiger partial charge is 0.148 e. The fraction of sp³-hybridized carbons (Fsp3) is 0.571. The molecule has 0 fully saturated rings. The van der Waals surface area contributed by atoms with Crippen LogP contribution in [0.1, 0.15) is 32.4 Å². The molecule has 1 atom stereocenters. The highest BCUT2D eigenvalue weighted by Gasteiger charge is 2.07. The highest BCUT2D eigenvalue weighted by Crippen LogP contribution is 2.18. The van der Waals surface area contributed by atoms with Crippen LogP contribution >= 0.6 is 0 Å². The van der Waals surface area contributed by atoms with Gasteiger partial charge in [0.15, 0.2) is 0 Å². The van der Waals surface area contributed by atoms with Crippen LogP contribution in [0.4, 0.5) is 0 Å². The van der Waals surface area contributed by atoms with Gasteiger partial charge in [0.25, 0.3) is 0 Å². The van der Waals surface area contributed by atoms with Crippen LogP contribution in [0, 0.1) is 0 Å². The lowest BCUT2D eigenvalue weighted by molar-refractivity contribution is 0.242. The molecule has 108 valence electrons. The second kappa shape index (κ2) is 6.91. The minimum absolute atomic E-state index is 0.120. The third kappa shape index (κ3) is 6.59. The van der Waals surface area contributed by atoms with Crippen molar-refractivity contribution in [2.45, 2.75) is 32.9 Å². The van der Waals surface area contributed by atoms with Crippen LogP contribution < -0.4 is 10.1 Å². The molecule has 0 aliphatic carbocycles. The summed E-state index contributed by atoms with van der Waals surface area (Å²) in [6.07, 6.45) is 1.41. The van der Waals surface area contributed by atoms with Gasteiger partial charge < -0.3 is 10.1 Å². The van der Waals surface area contributed by atoms with E-state index < -0.39 is 9.84 Å². The topological polar surface area (TPSA) is 55.4 Å². The fourth-order valence-corrected chi connectivity index (χ4v) is 2.17. The van der Waals surface area contributed by atoms with Crippen molar-refractivity contribution in [3.63, 3.8) is 0 Å². The van der Waals surface area contributed by atoms with Crippen LogP contribution in [0.2, 0.25) is 0 Å². The van der Waals surface area contributed by atoms with Gasteiger partial charge in [0.1, 0.15) is 15.6 Å². The number of ether oxygens (including phenoxy) is 1. The average molecular weight is 285 g/mol. The van der Waals surface area contributed by atoms with E-state index in [4.69, 9.17) is 4.74 Å². The molecule has 1 N–H and O–H groups in total. The maximum absolute atomic E-state index is 11.0. The van der Waals surface area contributed by atoms with E-state index in [-0.39, 0.29) is 17.9 Å². The normalized spacial score (nSPS) is 13.5. The molecule has 0 saturated carbocycles. The highest BCUT2D eigenvalue weighted by molar-refractivity contribution is 7.90. The molecule has 0 heterocycles. The molecular formula is C14H23NO3S. The van der Waals surface area contributed by atoms with Gasteiger partial charge in [-0.05, 0) is 38.5 Å². The third-order valence-electron chi connectivity index (χ3n) is 2.68. The van der Waals surface area contributed by atoms with E-state index in [0.29, 0.717) is 6.54 Å². The van der Waals surface area contributed by atoms with E-state index in [1.807, 2.05) is 45.0 Å². The number of hydrogen-bond acceptors (Lipinski definition) is 4. The first-order chi connectivity index (χ1) is 8.78. The Morgan fingerprint density at radius 3 is 2.21 bits per heavy atom. The van der Waals surface area contributed by atoms with Gasteiger partial charge in [-0.15, -0.1) is 0 Å². The van der Waals surface area contributed by atoms with Gasteiger partial charge in [0.2, 0.25) is 0 Å². The lowest BCUT2D eigenvalue weighted by Gasteiger charge is -2.15. The third-order valence-corrected chi connectivity index (χ3v) is 3.62. The summed E-state index contributed by atoms with van der Waals surface area (Å²) >= 11 is 0. The molecule has 0 spiro atoms. The van der Waals surface area contributed by atoms with Crippen LogP contribution in [-0.4, -0.2) is 33.1 Å². The van der Waals surface area contributed by atoms with Crippen LogP contribution in [0.15, 0.2) is 24.3 Å². The molecule has 1 rings (SSSR count). The van der Waals surface area contributed by atoms with Crippen LogP contribution in [0.5, 0.6) is 5.75 Å². The first kappa shape index (κ1) is 16.0. The van der Waals surface area contributed by atoms with Crippen molar-refractivity contribution < 1.29 is 13.2 Å². The summed E-state index contributed by atoms with van der Waals surface area (Å²) in [5.74, 6) is 1.01. The van der Waals surface area contributed by atoms with Crippen molar-refractivity contribution >= 4 is 9.84 Å². The Hall–Kier alpha value is -1.07. The summed E-state index contributed by atoms with van der Waals surface area (Å²) in [5.41, 5.74) is 1.12. The summed E-state index contributed by atoms with van der Waals surface area (Å²) < 4.78 is 27.7. The van der Waals surface area contributed by atoms with Gasteiger partial charge in [-0.25, -0.2) is 8.42 Å². The van der Waals surface area contributed by atoms with Crippen LogP contribution in [0.3, 0.4) is 0 Å². The van der Waals surface area contributed by atoms with Crippen LogP contribution in [-0.2, 0) is 9.84 Å². The predicted molar refractivity (Wildman–Crippen MR) is 78.3 cm³/mol. The van der Waals surface area contributed by atoms with Gasteiger partial charge in [-0.3, -0.25) is 0 Å². The Bertz CT molecular complexity index is 480. The van der Waals surface area contributed by atoms with E-state index in [0.717, 1.165) is 11.3 Å². The van der Waals surface area contributed by atoms with Crippen molar-refractivity contribution in [3.05, 3.63) is 29.8 Å². The summed E-state index contributed by atoms with van der Waals surface area (Å²) in [5, 5.41) is 3.20. The monoisotopic (exact) mass is 285 g/mol. The van der Waals surface area contributed by atoms with Gasteiger partial charge >= 0.3 is 0 Å². The first-order valence-corrected chi connectivity index (χ1v) is 8.51. The molecule has 4 nitrogen and oxygen atoms in total.